The second kappa shape index (κ2) is 9.42. The first-order chi connectivity index (χ1) is 11.3. The lowest BCUT2D eigenvalue weighted by atomic mass is 10.2. The fraction of sp³-hybridized carbons (Fsp3) is 0.529. The van der Waals surface area contributed by atoms with Gasteiger partial charge in [-0.15, -0.1) is 0 Å². The van der Waals surface area contributed by atoms with E-state index in [0.29, 0.717) is 18.8 Å². The number of hydrogen-bond acceptors (Lipinski definition) is 4. The Morgan fingerprint density at radius 3 is 2.04 bits per heavy atom. The zero-order valence-electron chi connectivity index (χ0n) is 14.5. The van der Waals surface area contributed by atoms with Crippen molar-refractivity contribution in [3.8, 4) is 0 Å². The van der Waals surface area contributed by atoms with Gasteiger partial charge in [0.25, 0.3) is 0 Å². The molecule has 0 aliphatic rings. The minimum Gasteiger partial charge on any atom is -0.342 e. The number of benzene rings is 1. The Morgan fingerprint density at radius 1 is 1.00 bits per heavy atom. The van der Waals surface area contributed by atoms with Crippen LogP contribution in [-0.4, -0.2) is 49.7 Å². The molecule has 0 aromatic heterocycles. The summed E-state index contributed by atoms with van der Waals surface area (Å²) >= 11 is 0. The first-order valence-corrected chi connectivity index (χ1v) is 9.94. The number of carbonyl (C=O) groups is 2. The summed E-state index contributed by atoms with van der Waals surface area (Å²) in [5.41, 5.74) is 1.57. The van der Waals surface area contributed by atoms with Crippen LogP contribution in [0.2, 0.25) is 0 Å². The smallest absolute Gasteiger partial charge is 0.239 e. The molecule has 0 aliphatic carbocycles. The lowest BCUT2D eigenvalue weighted by Crippen LogP contribution is -2.38. The van der Waals surface area contributed by atoms with Crippen LogP contribution in [0.15, 0.2) is 24.3 Å². The van der Waals surface area contributed by atoms with E-state index in [-0.39, 0.29) is 0 Å². The van der Waals surface area contributed by atoms with E-state index < -0.39 is 33.2 Å². The molecule has 134 valence electrons. The number of anilines is 1. The third-order valence-electron chi connectivity index (χ3n) is 3.37. The van der Waals surface area contributed by atoms with E-state index >= 15 is 0 Å². The van der Waals surface area contributed by atoms with Crippen LogP contribution in [-0.2, 0) is 19.4 Å². The van der Waals surface area contributed by atoms with E-state index in [0.717, 1.165) is 18.4 Å². The van der Waals surface area contributed by atoms with Crippen molar-refractivity contribution in [1.29, 1.82) is 0 Å². The monoisotopic (exact) mass is 354 g/mol. The summed E-state index contributed by atoms with van der Waals surface area (Å²) in [7, 11) is -3.79. The van der Waals surface area contributed by atoms with E-state index in [1.807, 2.05) is 32.9 Å². The fourth-order valence-corrected chi connectivity index (χ4v) is 3.40. The molecule has 1 N–H and O–H groups in total. The minimum atomic E-state index is -3.79. The van der Waals surface area contributed by atoms with Crippen molar-refractivity contribution in [2.24, 2.45) is 0 Å². The van der Waals surface area contributed by atoms with Crippen LogP contribution in [0, 0.1) is 6.92 Å². The van der Waals surface area contributed by atoms with Crippen molar-refractivity contribution < 1.29 is 18.0 Å². The van der Waals surface area contributed by atoms with Gasteiger partial charge in [-0.05, 0) is 31.9 Å². The molecular weight excluding hydrogens is 328 g/mol. The number of nitrogens with zero attached hydrogens (tertiary/aromatic N) is 1. The lowest BCUT2D eigenvalue weighted by molar-refractivity contribution is -0.128. The molecule has 24 heavy (non-hydrogen) atoms. The first kappa shape index (κ1) is 20.2. The van der Waals surface area contributed by atoms with Crippen molar-refractivity contribution in [2.75, 3.05) is 29.9 Å². The van der Waals surface area contributed by atoms with Crippen molar-refractivity contribution in [1.82, 2.24) is 4.90 Å². The Bertz CT molecular complexity index is 648. The highest BCUT2D eigenvalue weighted by Gasteiger charge is 2.23. The summed E-state index contributed by atoms with van der Waals surface area (Å²) in [4.78, 5) is 25.6. The molecule has 1 rings (SSSR count). The maximum Gasteiger partial charge on any atom is 0.239 e. The molecule has 0 heterocycles. The highest BCUT2D eigenvalue weighted by atomic mass is 32.2. The molecular formula is C17H26N2O4S. The Morgan fingerprint density at radius 2 is 1.54 bits per heavy atom. The van der Waals surface area contributed by atoms with Crippen LogP contribution >= 0.6 is 0 Å². The van der Waals surface area contributed by atoms with Crippen LogP contribution in [0.4, 0.5) is 5.69 Å². The molecule has 0 spiro atoms. The molecule has 0 saturated heterocycles. The number of aryl methyl sites for hydroxylation is 1. The predicted molar refractivity (Wildman–Crippen MR) is 95.6 cm³/mol. The van der Waals surface area contributed by atoms with E-state index in [1.165, 1.54) is 4.90 Å². The second-order valence-electron chi connectivity index (χ2n) is 5.83. The Labute approximate surface area is 144 Å². The van der Waals surface area contributed by atoms with E-state index in [4.69, 9.17) is 0 Å². The van der Waals surface area contributed by atoms with Gasteiger partial charge in [0.1, 0.15) is 11.5 Å². The largest absolute Gasteiger partial charge is 0.342 e. The van der Waals surface area contributed by atoms with Crippen molar-refractivity contribution in [3.05, 3.63) is 29.8 Å². The normalized spacial score (nSPS) is 11.1. The SMILES string of the molecule is CCCN(CCC)C(=O)CS(=O)(=O)CC(=O)Nc1ccc(C)cc1. The number of sulfone groups is 1. The topological polar surface area (TPSA) is 83.6 Å². The van der Waals surface area contributed by atoms with Gasteiger partial charge in [-0.3, -0.25) is 9.59 Å². The highest BCUT2D eigenvalue weighted by Crippen LogP contribution is 2.09. The Hall–Kier alpha value is -1.89. The van der Waals surface area contributed by atoms with Gasteiger partial charge in [-0.2, -0.15) is 0 Å². The minimum absolute atomic E-state index is 0.443. The molecule has 0 fully saturated rings. The second-order valence-corrected chi connectivity index (χ2v) is 7.89. The molecule has 0 bridgehead atoms. The summed E-state index contributed by atoms with van der Waals surface area (Å²) in [6.07, 6.45) is 1.53. The molecule has 0 atom stereocenters. The van der Waals surface area contributed by atoms with E-state index in [9.17, 15) is 18.0 Å². The van der Waals surface area contributed by atoms with E-state index in [1.54, 1.807) is 12.1 Å². The summed E-state index contributed by atoms with van der Waals surface area (Å²) in [6.45, 7) is 6.83. The summed E-state index contributed by atoms with van der Waals surface area (Å²) < 4.78 is 24.2. The molecule has 2 amide bonds. The number of carbonyl (C=O) groups excluding carboxylic acids is 2. The number of nitrogens with one attached hydrogen (secondary N) is 1. The van der Waals surface area contributed by atoms with Gasteiger partial charge in [0.2, 0.25) is 11.8 Å². The third-order valence-corrected chi connectivity index (χ3v) is 4.76. The summed E-state index contributed by atoms with van der Waals surface area (Å²) in [6, 6.07) is 7.05. The van der Waals surface area contributed by atoms with Gasteiger partial charge in [0.05, 0.1) is 0 Å². The van der Waals surface area contributed by atoms with Crippen molar-refractivity contribution in [3.63, 3.8) is 0 Å². The molecule has 0 radical (unpaired) electrons. The number of amides is 2. The van der Waals surface area contributed by atoms with Crippen LogP contribution in [0.5, 0.6) is 0 Å². The van der Waals surface area contributed by atoms with E-state index in [2.05, 4.69) is 5.32 Å². The van der Waals surface area contributed by atoms with Crippen molar-refractivity contribution in [2.45, 2.75) is 33.6 Å². The van der Waals surface area contributed by atoms with Gasteiger partial charge in [0, 0.05) is 18.8 Å². The highest BCUT2D eigenvalue weighted by molar-refractivity contribution is 7.92. The Kier molecular flexibility index (Phi) is 7.91. The summed E-state index contributed by atoms with van der Waals surface area (Å²) in [5, 5.41) is 2.54. The first-order valence-electron chi connectivity index (χ1n) is 8.12. The molecule has 7 heteroatoms. The maximum atomic E-state index is 12.1. The lowest BCUT2D eigenvalue weighted by Gasteiger charge is -2.21. The zero-order chi connectivity index (χ0) is 18.2. The van der Waals surface area contributed by atoms with Gasteiger partial charge < -0.3 is 10.2 Å². The van der Waals surface area contributed by atoms with Crippen LogP contribution in [0.3, 0.4) is 0 Å². The summed E-state index contributed by atoms with van der Waals surface area (Å²) in [5.74, 6) is -2.40. The molecule has 0 aliphatic heterocycles. The van der Waals surface area contributed by atoms with Gasteiger partial charge >= 0.3 is 0 Å². The van der Waals surface area contributed by atoms with Gasteiger partial charge in [-0.25, -0.2) is 8.42 Å². The number of rotatable bonds is 9. The maximum absolute atomic E-state index is 12.1. The molecule has 0 unspecified atom stereocenters. The zero-order valence-corrected chi connectivity index (χ0v) is 15.4. The molecule has 1 aromatic carbocycles. The molecule has 6 nitrogen and oxygen atoms in total. The van der Waals surface area contributed by atoms with Crippen LogP contribution in [0.25, 0.3) is 0 Å². The average Bonchev–Trinajstić information content (AvgIpc) is 2.48. The fourth-order valence-electron chi connectivity index (χ4n) is 2.27. The van der Waals surface area contributed by atoms with Crippen LogP contribution in [0.1, 0.15) is 32.3 Å². The quantitative estimate of drug-likeness (QED) is 0.735. The predicted octanol–water partition coefficient (Wildman–Crippen LogP) is 2.00. The van der Waals surface area contributed by atoms with Crippen molar-refractivity contribution >= 4 is 27.3 Å². The number of hydrogen-bond donors (Lipinski definition) is 1. The molecule has 1 aromatic rings. The van der Waals surface area contributed by atoms with Gasteiger partial charge in [-0.1, -0.05) is 31.5 Å². The standard InChI is InChI=1S/C17H26N2O4S/c1-4-10-19(11-5-2)17(21)13-24(22,23)12-16(20)18-15-8-6-14(3)7-9-15/h6-9H,4-5,10-13H2,1-3H3,(H,18,20). The Balaban J connectivity index is 2.62. The van der Waals surface area contributed by atoms with Gasteiger partial charge in [0.15, 0.2) is 9.84 Å². The molecule has 0 saturated carbocycles. The van der Waals surface area contributed by atoms with Crippen LogP contribution < -0.4 is 5.32 Å². The third kappa shape index (κ3) is 7.12. The average molecular weight is 354 g/mol.